The summed E-state index contributed by atoms with van der Waals surface area (Å²) in [6.45, 7) is 5.66. The zero-order chi connectivity index (χ0) is 14.5. The standard InChI is InChI=1S/C19H38O/c1-3-4-5-6-7-8-9-10-11-12-13-14-15-16-18(2)19-17-20-19/h18-19H,3-17H2,1-2H3. The maximum atomic E-state index is 5.33. The van der Waals surface area contributed by atoms with Crippen LogP contribution in [0.2, 0.25) is 0 Å². The van der Waals surface area contributed by atoms with Gasteiger partial charge < -0.3 is 4.74 Å². The molecule has 0 aliphatic carbocycles. The van der Waals surface area contributed by atoms with Crippen LogP contribution < -0.4 is 0 Å². The highest BCUT2D eigenvalue weighted by molar-refractivity contribution is 4.75. The van der Waals surface area contributed by atoms with E-state index in [-0.39, 0.29) is 0 Å². The van der Waals surface area contributed by atoms with Gasteiger partial charge >= 0.3 is 0 Å². The van der Waals surface area contributed by atoms with Crippen LogP contribution in [0.4, 0.5) is 0 Å². The topological polar surface area (TPSA) is 12.5 Å². The molecule has 1 saturated heterocycles. The lowest BCUT2D eigenvalue weighted by molar-refractivity contribution is 0.324. The van der Waals surface area contributed by atoms with Gasteiger partial charge in [-0.2, -0.15) is 0 Å². The maximum Gasteiger partial charge on any atom is 0.0835 e. The van der Waals surface area contributed by atoms with Gasteiger partial charge in [-0.3, -0.25) is 0 Å². The summed E-state index contributed by atoms with van der Waals surface area (Å²) in [5.74, 6) is 0.808. The predicted molar refractivity (Wildman–Crippen MR) is 89.2 cm³/mol. The first-order chi connectivity index (χ1) is 9.84. The lowest BCUT2D eigenvalue weighted by atomic mass is 9.99. The zero-order valence-corrected chi connectivity index (χ0v) is 14.2. The first-order valence-corrected chi connectivity index (χ1v) is 9.46. The van der Waals surface area contributed by atoms with Gasteiger partial charge in [0.2, 0.25) is 0 Å². The normalized spacial score (nSPS) is 19.2. The second-order valence-corrected chi connectivity index (χ2v) is 6.88. The molecule has 0 aromatic carbocycles. The average molecular weight is 283 g/mol. The molecule has 0 aromatic rings. The van der Waals surface area contributed by atoms with E-state index in [1.54, 1.807) is 0 Å². The smallest absolute Gasteiger partial charge is 0.0835 e. The van der Waals surface area contributed by atoms with Crippen molar-refractivity contribution in [2.45, 2.75) is 110 Å². The first kappa shape index (κ1) is 18.0. The lowest BCUT2D eigenvalue weighted by Gasteiger charge is -2.07. The molecule has 0 radical (unpaired) electrons. The number of unbranched alkanes of at least 4 members (excludes halogenated alkanes) is 12. The van der Waals surface area contributed by atoms with Crippen molar-refractivity contribution in [3.05, 3.63) is 0 Å². The fraction of sp³-hybridized carbons (Fsp3) is 1.00. The highest BCUT2D eigenvalue weighted by Gasteiger charge is 2.28. The highest BCUT2D eigenvalue weighted by atomic mass is 16.6. The third-order valence-electron chi connectivity index (χ3n) is 4.76. The van der Waals surface area contributed by atoms with Crippen molar-refractivity contribution in [3.63, 3.8) is 0 Å². The van der Waals surface area contributed by atoms with Gasteiger partial charge in [-0.1, -0.05) is 97.3 Å². The van der Waals surface area contributed by atoms with Crippen LogP contribution in [0.5, 0.6) is 0 Å². The van der Waals surface area contributed by atoms with Crippen LogP contribution >= 0.6 is 0 Å². The Morgan fingerprint density at radius 2 is 1.15 bits per heavy atom. The van der Waals surface area contributed by atoms with Crippen molar-refractivity contribution in [3.8, 4) is 0 Å². The molecule has 1 rings (SSSR count). The summed E-state index contributed by atoms with van der Waals surface area (Å²) in [4.78, 5) is 0. The van der Waals surface area contributed by atoms with Crippen molar-refractivity contribution in [2.75, 3.05) is 6.61 Å². The number of epoxide rings is 1. The minimum Gasteiger partial charge on any atom is -0.373 e. The van der Waals surface area contributed by atoms with E-state index in [2.05, 4.69) is 13.8 Å². The molecule has 0 N–H and O–H groups in total. The monoisotopic (exact) mass is 282 g/mol. The molecule has 0 aromatic heterocycles. The van der Waals surface area contributed by atoms with Crippen molar-refractivity contribution in [2.24, 2.45) is 5.92 Å². The van der Waals surface area contributed by atoms with E-state index in [0.29, 0.717) is 6.10 Å². The van der Waals surface area contributed by atoms with Crippen LogP contribution in [0, 0.1) is 5.92 Å². The fourth-order valence-electron chi connectivity index (χ4n) is 3.05. The van der Waals surface area contributed by atoms with E-state index >= 15 is 0 Å². The molecule has 1 heteroatoms. The van der Waals surface area contributed by atoms with Crippen LogP contribution in [0.15, 0.2) is 0 Å². The van der Waals surface area contributed by atoms with Gasteiger partial charge in [0.1, 0.15) is 0 Å². The molecule has 0 bridgehead atoms. The Hall–Kier alpha value is -0.0400. The molecule has 1 nitrogen and oxygen atoms in total. The van der Waals surface area contributed by atoms with Gasteiger partial charge in [-0.05, 0) is 12.3 Å². The van der Waals surface area contributed by atoms with Crippen molar-refractivity contribution < 1.29 is 4.74 Å². The fourth-order valence-corrected chi connectivity index (χ4v) is 3.05. The summed E-state index contributed by atoms with van der Waals surface area (Å²) in [6.07, 6.45) is 20.9. The summed E-state index contributed by atoms with van der Waals surface area (Å²) in [6, 6.07) is 0. The second kappa shape index (κ2) is 12.7. The van der Waals surface area contributed by atoms with Crippen molar-refractivity contribution >= 4 is 0 Å². The Morgan fingerprint density at radius 3 is 1.55 bits per heavy atom. The highest BCUT2D eigenvalue weighted by Crippen LogP contribution is 2.24. The van der Waals surface area contributed by atoms with Gasteiger partial charge in [0, 0.05) is 0 Å². The summed E-state index contributed by atoms with van der Waals surface area (Å²) in [5, 5.41) is 0. The predicted octanol–water partition coefficient (Wildman–Crippen LogP) is 6.50. The van der Waals surface area contributed by atoms with E-state index in [9.17, 15) is 0 Å². The molecule has 1 heterocycles. The van der Waals surface area contributed by atoms with E-state index in [1.165, 1.54) is 89.9 Å². The largest absolute Gasteiger partial charge is 0.373 e. The summed E-state index contributed by atoms with van der Waals surface area (Å²) < 4.78 is 5.33. The number of hydrogen-bond donors (Lipinski definition) is 0. The summed E-state index contributed by atoms with van der Waals surface area (Å²) in [5.41, 5.74) is 0. The molecule has 0 spiro atoms. The SMILES string of the molecule is CCCCCCCCCCCCCCCC(C)C1CO1. The van der Waals surface area contributed by atoms with Crippen LogP contribution in [0.25, 0.3) is 0 Å². The Labute approximate surface area is 127 Å². The number of ether oxygens (including phenoxy) is 1. The van der Waals surface area contributed by atoms with E-state index < -0.39 is 0 Å². The molecule has 2 unspecified atom stereocenters. The maximum absolute atomic E-state index is 5.33. The molecule has 1 fully saturated rings. The number of hydrogen-bond acceptors (Lipinski definition) is 1. The van der Waals surface area contributed by atoms with Crippen LogP contribution in [-0.2, 0) is 4.74 Å². The molecule has 20 heavy (non-hydrogen) atoms. The minimum atomic E-state index is 0.618. The second-order valence-electron chi connectivity index (χ2n) is 6.88. The van der Waals surface area contributed by atoms with Gasteiger partial charge in [0.05, 0.1) is 12.7 Å². The Bertz CT molecular complexity index is 198. The van der Waals surface area contributed by atoms with Crippen molar-refractivity contribution in [1.82, 2.24) is 0 Å². The van der Waals surface area contributed by atoms with E-state index in [0.717, 1.165) is 12.5 Å². The van der Waals surface area contributed by atoms with Gasteiger partial charge in [0.15, 0.2) is 0 Å². The lowest BCUT2D eigenvalue weighted by Crippen LogP contribution is -2.02. The summed E-state index contributed by atoms with van der Waals surface area (Å²) >= 11 is 0. The summed E-state index contributed by atoms with van der Waals surface area (Å²) in [7, 11) is 0. The molecule has 2 atom stereocenters. The molecular weight excluding hydrogens is 244 g/mol. The van der Waals surface area contributed by atoms with E-state index in [1.807, 2.05) is 0 Å². The first-order valence-electron chi connectivity index (χ1n) is 9.46. The zero-order valence-electron chi connectivity index (χ0n) is 14.2. The molecule has 0 saturated carbocycles. The van der Waals surface area contributed by atoms with Crippen LogP contribution in [0.3, 0.4) is 0 Å². The molecule has 120 valence electrons. The van der Waals surface area contributed by atoms with E-state index in [4.69, 9.17) is 4.74 Å². The molecule has 1 aliphatic rings. The Morgan fingerprint density at radius 1 is 0.750 bits per heavy atom. The van der Waals surface area contributed by atoms with Crippen LogP contribution in [-0.4, -0.2) is 12.7 Å². The van der Waals surface area contributed by atoms with Gasteiger partial charge in [-0.15, -0.1) is 0 Å². The van der Waals surface area contributed by atoms with Crippen LogP contribution in [0.1, 0.15) is 104 Å². The average Bonchev–Trinajstić information content (AvgIpc) is 3.28. The third kappa shape index (κ3) is 10.7. The molecular formula is C19H38O. The Balaban J connectivity index is 1.66. The Kier molecular flexibility index (Phi) is 11.4. The van der Waals surface area contributed by atoms with Gasteiger partial charge in [0.25, 0.3) is 0 Å². The van der Waals surface area contributed by atoms with Gasteiger partial charge in [-0.25, -0.2) is 0 Å². The quantitative estimate of drug-likeness (QED) is 0.246. The van der Waals surface area contributed by atoms with Crippen molar-refractivity contribution in [1.29, 1.82) is 0 Å². The molecule has 1 aliphatic heterocycles. The third-order valence-corrected chi connectivity index (χ3v) is 4.76. The minimum absolute atomic E-state index is 0.618. The molecule has 0 amide bonds. The number of rotatable bonds is 15.